The molecule has 0 fully saturated rings. The smallest absolute Gasteiger partial charge is 0.262 e. The van der Waals surface area contributed by atoms with E-state index in [0.717, 1.165) is 20.7 Å². The van der Waals surface area contributed by atoms with E-state index in [1.807, 2.05) is 32.0 Å². The quantitative estimate of drug-likeness (QED) is 0.514. The van der Waals surface area contributed by atoms with Gasteiger partial charge >= 0.3 is 0 Å². The van der Waals surface area contributed by atoms with Crippen molar-refractivity contribution in [1.29, 1.82) is 0 Å². The summed E-state index contributed by atoms with van der Waals surface area (Å²) in [5.74, 6) is -0.0398. The predicted molar refractivity (Wildman–Crippen MR) is 112 cm³/mol. The van der Waals surface area contributed by atoms with E-state index in [4.69, 9.17) is 0 Å². The second-order valence-corrected chi connectivity index (χ2v) is 7.89. The Labute approximate surface area is 165 Å². The summed E-state index contributed by atoms with van der Waals surface area (Å²) in [5.41, 5.74) is 1.46. The van der Waals surface area contributed by atoms with E-state index in [0.29, 0.717) is 16.5 Å². The van der Waals surface area contributed by atoms with Gasteiger partial charge in [0.25, 0.3) is 5.56 Å². The highest BCUT2D eigenvalue weighted by Gasteiger charge is 2.13. The summed E-state index contributed by atoms with van der Waals surface area (Å²) in [6.07, 6.45) is 1.65. The molecule has 28 heavy (non-hydrogen) atoms. The number of aromatic nitrogens is 2. The predicted octanol–water partition coefficient (Wildman–Crippen LogP) is 3.96. The van der Waals surface area contributed by atoms with Gasteiger partial charge in [-0.25, -0.2) is 4.98 Å². The number of hydrogen-bond donors (Lipinski definition) is 2. The normalized spacial score (nSPS) is 11.2. The van der Waals surface area contributed by atoms with Gasteiger partial charge < -0.3 is 10.4 Å². The topological polar surface area (TPSA) is 84.2 Å². The van der Waals surface area contributed by atoms with Crippen LogP contribution in [-0.2, 0) is 11.3 Å². The van der Waals surface area contributed by atoms with Crippen LogP contribution in [0, 0.1) is 13.8 Å². The van der Waals surface area contributed by atoms with Crippen LogP contribution in [0.2, 0.25) is 0 Å². The minimum Gasteiger partial charge on any atom is -0.507 e. The Morgan fingerprint density at radius 2 is 1.93 bits per heavy atom. The molecule has 0 radical (unpaired) electrons. The van der Waals surface area contributed by atoms with E-state index in [1.165, 1.54) is 22.2 Å². The first kappa shape index (κ1) is 18.2. The SMILES string of the molecule is Cc1sc2ncn(CCC(=O)Nc3ccc(O)c4ccccc34)c(=O)c2c1C. The van der Waals surface area contributed by atoms with Crippen LogP contribution in [0.15, 0.2) is 47.5 Å². The van der Waals surface area contributed by atoms with Crippen LogP contribution in [0.25, 0.3) is 21.0 Å². The largest absolute Gasteiger partial charge is 0.507 e. The molecule has 2 aromatic heterocycles. The second-order valence-electron chi connectivity index (χ2n) is 6.68. The lowest BCUT2D eigenvalue weighted by Gasteiger charge is -2.10. The minimum atomic E-state index is -0.207. The first-order valence-corrected chi connectivity index (χ1v) is 9.73. The van der Waals surface area contributed by atoms with E-state index in [1.54, 1.807) is 18.2 Å². The van der Waals surface area contributed by atoms with E-state index in [2.05, 4.69) is 10.3 Å². The lowest BCUT2D eigenvalue weighted by atomic mass is 10.1. The minimum absolute atomic E-state index is 0.116. The fourth-order valence-electron chi connectivity index (χ4n) is 3.26. The van der Waals surface area contributed by atoms with Gasteiger partial charge in [0, 0.05) is 34.3 Å². The fraction of sp³-hybridized carbons (Fsp3) is 0.190. The Morgan fingerprint density at radius 1 is 1.18 bits per heavy atom. The zero-order valence-corrected chi connectivity index (χ0v) is 16.3. The highest BCUT2D eigenvalue weighted by Crippen LogP contribution is 2.30. The van der Waals surface area contributed by atoms with Crippen molar-refractivity contribution in [2.75, 3.05) is 5.32 Å². The average molecular weight is 393 g/mol. The molecular weight excluding hydrogens is 374 g/mol. The van der Waals surface area contributed by atoms with Crippen LogP contribution in [0.4, 0.5) is 5.69 Å². The van der Waals surface area contributed by atoms with Gasteiger partial charge in [-0.2, -0.15) is 0 Å². The van der Waals surface area contributed by atoms with Crippen LogP contribution in [0.5, 0.6) is 5.75 Å². The number of phenolic OH excluding ortho intramolecular Hbond substituents is 1. The highest BCUT2D eigenvalue weighted by atomic mass is 32.1. The van der Waals surface area contributed by atoms with Crippen LogP contribution >= 0.6 is 11.3 Å². The Morgan fingerprint density at radius 3 is 2.71 bits per heavy atom. The number of nitrogens with zero attached hydrogens (tertiary/aromatic N) is 2. The molecule has 142 valence electrons. The zero-order chi connectivity index (χ0) is 19.8. The molecule has 0 bridgehead atoms. The maximum absolute atomic E-state index is 12.7. The molecule has 0 aliphatic heterocycles. The molecule has 4 aromatic rings. The number of amides is 1. The van der Waals surface area contributed by atoms with E-state index >= 15 is 0 Å². The Hall–Kier alpha value is -3.19. The van der Waals surface area contributed by atoms with Crippen LogP contribution in [-0.4, -0.2) is 20.6 Å². The monoisotopic (exact) mass is 393 g/mol. The molecule has 0 atom stereocenters. The number of rotatable bonds is 4. The highest BCUT2D eigenvalue weighted by molar-refractivity contribution is 7.18. The first-order chi connectivity index (χ1) is 13.5. The van der Waals surface area contributed by atoms with E-state index in [9.17, 15) is 14.7 Å². The Balaban J connectivity index is 1.54. The number of aromatic hydroxyl groups is 1. The van der Waals surface area contributed by atoms with Crippen molar-refractivity contribution >= 4 is 43.9 Å². The maximum atomic E-state index is 12.7. The molecule has 0 spiro atoms. The van der Waals surface area contributed by atoms with Crippen molar-refractivity contribution in [3.05, 3.63) is 63.5 Å². The summed E-state index contributed by atoms with van der Waals surface area (Å²) in [4.78, 5) is 31.3. The van der Waals surface area contributed by atoms with Crippen molar-refractivity contribution in [1.82, 2.24) is 9.55 Å². The molecule has 0 saturated heterocycles. The van der Waals surface area contributed by atoms with Crippen LogP contribution in [0.1, 0.15) is 16.9 Å². The zero-order valence-electron chi connectivity index (χ0n) is 15.5. The average Bonchev–Trinajstić information content (AvgIpc) is 2.98. The fourth-order valence-corrected chi connectivity index (χ4v) is 4.24. The second kappa shape index (κ2) is 7.09. The summed E-state index contributed by atoms with van der Waals surface area (Å²) in [7, 11) is 0. The van der Waals surface area contributed by atoms with Crippen LogP contribution in [0.3, 0.4) is 0 Å². The first-order valence-electron chi connectivity index (χ1n) is 8.91. The van der Waals surface area contributed by atoms with Gasteiger partial charge in [0.05, 0.1) is 11.7 Å². The number of benzene rings is 2. The molecule has 2 N–H and O–H groups in total. The Kier molecular flexibility index (Phi) is 4.60. The van der Waals surface area contributed by atoms with Crippen molar-refractivity contribution < 1.29 is 9.90 Å². The number of hydrogen-bond acceptors (Lipinski definition) is 5. The molecule has 2 heterocycles. The molecule has 7 heteroatoms. The molecule has 0 saturated carbocycles. The molecule has 4 rings (SSSR count). The van der Waals surface area contributed by atoms with Gasteiger partial charge in [-0.05, 0) is 31.5 Å². The summed E-state index contributed by atoms with van der Waals surface area (Å²) in [6, 6.07) is 10.6. The molecule has 1 amide bonds. The van der Waals surface area contributed by atoms with Gasteiger partial charge in [-0.15, -0.1) is 11.3 Å². The van der Waals surface area contributed by atoms with Gasteiger partial charge in [0.15, 0.2) is 0 Å². The third-order valence-corrected chi connectivity index (χ3v) is 6.03. The lowest BCUT2D eigenvalue weighted by Crippen LogP contribution is -2.23. The lowest BCUT2D eigenvalue weighted by molar-refractivity contribution is -0.116. The molecule has 0 aliphatic carbocycles. The number of fused-ring (bicyclic) bond motifs is 2. The summed E-state index contributed by atoms with van der Waals surface area (Å²) in [6.45, 7) is 4.14. The maximum Gasteiger partial charge on any atom is 0.262 e. The van der Waals surface area contributed by atoms with Gasteiger partial charge in [-0.3, -0.25) is 14.2 Å². The van der Waals surface area contributed by atoms with Crippen molar-refractivity contribution in [3.8, 4) is 5.75 Å². The van der Waals surface area contributed by atoms with Crippen molar-refractivity contribution in [2.45, 2.75) is 26.8 Å². The summed E-state index contributed by atoms with van der Waals surface area (Å²) >= 11 is 1.51. The van der Waals surface area contributed by atoms with Crippen LogP contribution < -0.4 is 10.9 Å². The van der Waals surface area contributed by atoms with Crippen molar-refractivity contribution in [3.63, 3.8) is 0 Å². The molecular formula is C21H19N3O3S. The molecule has 2 aromatic carbocycles. The van der Waals surface area contributed by atoms with Crippen molar-refractivity contribution in [2.24, 2.45) is 0 Å². The van der Waals surface area contributed by atoms with E-state index in [-0.39, 0.29) is 30.2 Å². The number of anilines is 1. The number of thiophene rings is 1. The number of phenols is 1. The van der Waals surface area contributed by atoms with Gasteiger partial charge in [0.2, 0.25) is 5.91 Å². The third kappa shape index (κ3) is 3.14. The summed E-state index contributed by atoms with van der Waals surface area (Å²) < 4.78 is 1.48. The summed E-state index contributed by atoms with van der Waals surface area (Å²) in [5, 5.41) is 14.9. The number of carbonyl (C=O) groups is 1. The number of carbonyl (C=O) groups excluding carboxylic acids is 1. The van der Waals surface area contributed by atoms with E-state index < -0.39 is 0 Å². The number of aryl methyl sites for hydroxylation is 3. The third-order valence-electron chi connectivity index (χ3n) is 4.91. The Bertz CT molecular complexity index is 1270. The number of nitrogens with one attached hydrogen (secondary N) is 1. The standard InChI is InChI=1S/C21H19N3O3S/c1-12-13(2)28-20-19(12)21(27)24(11-22-20)10-9-18(26)23-16-7-8-17(25)15-6-4-3-5-14(15)16/h3-8,11,25H,9-10H2,1-2H3,(H,23,26). The molecule has 0 unspecified atom stereocenters. The van der Waals surface area contributed by atoms with Gasteiger partial charge in [0.1, 0.15) is 10.6 Å². The van der Waals surface area contributed by atoms with Gasteiger partial charge in [-0.1, -0.05) is 24.3 Å². The molecule has 6 nitrogen and oxygen atoms in total. The molecule has 0 aliphatic rings.